The minimum Gasteiger partial charge on any atom is -0.476 e. The summed E-state index contributed by atoms with van der Waals surface area (Å²) in [5, 5.41) is 14.0. The van der Waals surface area contributed by atoms with Crippen LogP contribution < -0.4 is 5.73 Å². The number of thiazole rings is 1. The summed E-state index contributed by atoms with van der Waals surface area (Å²) in [6.45, 7) is 0. The monoisotopic (exact) mass is 211 g/mol. The maximum atomic E-state index is 10.5. The largest absolute Gasteiger partial charge is 0.476 e. The van der Waals surface area contributed by atoms with Gasteiger partial charge in [-0.25, -0.2) is 9.78 Å². The first-order chi connectivity index (χ1) is 6.66. The second-order valence-electron chi connectivity index (χ2n) is 2.45. The summed E-state index contributed by atoms with van der Waals surface area (Å²) in [4.78, 5) is 14.4. The number of nitrogens with zero attached hydrogens (tertiary/aromatic N) is 2. The lowest BCUT2D eigenvalue weighted by Crippen LogP contribution is -1.94. The van der Waals surface area contributed by atoms with E-state index in [0.717, 1.165) is 0 Å². The third-order valence-electron chi connectivity index (χ3n) is 1.50. The Morgan fingerprint density at radius 1 is 1.64 bits per heavy atom. The van der Waals surface area contributed by atoms with Gasteiger partial charge in [-0.05, 0) is 0 Å². The molecule has 0 saturated carbocycles. The maximum absolute atomic E-state index is 10.5. The van der Waals surface area contributed by atoms with Gasteiger partial charge in [-0.1, -0.05) is 5.16 Å². The Bertz CT molecular complexity index is 476. The van der Waals surface area contributed by atoms with E-state index < -0.39 is 5.97 Å². The van der Waals surface area contributed by atoms with Crippen LogP contribution in [0.25, 0.3) is 11.5 Å². The Balaban J connectivity index is 2.38. The molecule has 0 fully saturated rings. The highest BCUT2D eigenvalue weighted by Crippen LogP contribution is 2.23. The summed E-state index contributed by atoms with van der Waals surface area (Å²) < 4.78 is 4.78. The fraction of sp³-hybridized carbons (Fsp3) is 0. The van der Waals surface area contributed by atoms with Gasteiger partial charge in [-0.2, -0.15) is 0 Å². The van der Waals surface area contributed by atoms with Crippen molar-refractivity contribution >= 4 is 22.4 Å². The molecular weight excluding hydrogens is 206 g/mol. The van der Waals surface area contributed by atoms with Crippen LogP contribution in [0.5, 0.6) is 0 Å². The van der Waals surface area contributed by atoms with Crippen molar-refractivity contribution in [2.24, 2.45) is 0 Å². The van der Waals surface area contributed by atoms with Crippen molar-refractivity contribution in [3.05, 3.63) is 17.1 Å². The van der Waals surface area contributed by atoms with E-state index in [4.69, 9.17) is 15.4 Å². The van der Waals surface area contributed by atoms with Crippen LogP contribution in [0.1, 0.15) is 10.5 Å². The fourth-order valence-electron chi connectivity index (χ4n) is 0.898. The number of aromatic carboxylic acids is 1. The van der Waals surface area contributed by atoms with E-state index in [2.05, 4.69) is 10.1 Å². The highest BCUT2D eigenvalue weighted by molar-refractivity contribution is 7.13. The minimum absolute atomic E-state index is 0.147. The zero-order valence-electron chi connectivity index (χ0n) is 6.80. The van der Waals surface area contributed by atoms with Gasteiger partial charge in [-0.3, -0.25) is 0 Å². The lowest BCUT2D eigenvalue weighted by atomic mass is 10.3. The van der Waals surface area contributed by atoms with Crippen LogP contribution >= 0.6 is 11.3 Å². The molecule has 3 N–H and O–H groups in total. The van der Waals surface area contributed by atoms with Crippen LogP contribution in [-0.4, -0.2) is 21.2 Å². The number of rotatable bonds is 2. The molecule has 0 saturated heterocycles. The molecule has 6 nitrogen and oxygen atoms in total. The molecule has 2 rings (SSSR count). The van der Waals surface area contributed by atoms with Gasteiger partial charge in [0.15, 0.2) is 16.6 Å². The Labute approximate surface area is 82.0 Å². The summed E-state index contributed by atoms with van der Waals surface area (Å²) >= 11 is 1.25. The van der Waals surface area contributed by atoms with Gasteiger partial charge >= 0.3 is 5.97 Å². The molecule has 2 heterocycles. The van der Waals surface area contributed by atoms with Crippen molar-refractivity contribution in [2.75, 3.05) is 5.73 Å². The number of aromatic nitrogens is 2. The molecule has 7 heteroatoms. The van der Waals surface area contributed by atoms with Gasteiger partial charge in [0.25, 0.3) is 0 Å². The second-order valence-corrected chi connectivity index (χ2v) is 3.34. The van der Waals surface area contributed by atoms with Crippen LogP contribution in [-0.2, 0) is 0 Å². The molecule has 0 unspecified atom stereocenters. The van der Waals surface area contributed by atoms with Crippen LogP contribution in [0.2, 0.25) is 0 Å². The number of hydrogen-bond acceptors (Lipinski definition) is 6. The first-order valence-electron chi connectivity index (χ1n) is 3.58. The summed E-state index contributed by atoms with van der Waals surface area (Å²) in [6, 6.07) is 1.30. The van der Waals surface area contributed by atoms with Crippen molar-refractivity contribution in [1.82, 2.24) is 10.1 Å². The topological polar surface area (TPSA) is 102 Å². The average molecular weight is 211 g/mol. The third-order valence-corrected chi connectivity index (χ3v) is 2.18. The van der Waals surface area contributed by atoms with Crippen molar-refractivity contribution < 1.29 is 14.4 Å². The first-order valence-corrected chi connectivity index (χ1v) is 4.46. The lowest BCUT2D eigenvalue weighted by Gasteiger charge is -1.82. The Kier molecular flexibility index (Phi) is 1.93. The molecule has 2 aromatic heterocycles. The summed E-state index contributed by atoms with van der Waals surface area (Å²) in [7, 11) is 0. The molecule has 0 radical (unpaired) electrons. The van der Waals surface area contributed by atoms with Crippen molar-refractivity contribution in [3.63, 3.8) is 0 Å². The molecule has 14 heavy (non-hydrogen) atoms. The van der Waals surface area contributed by atoms with Gasteiger partial charge in [0.05, 0.1) is 0 Å². The number of anilines is 1. The zero-order chi connectivity index (χ0) is 10.1. The van der Waals surface area contributed by atoms with E-state index in [-0.39, 0.29) is 5.69 Å². The molecule has 0 spiro atoms. The van der Waals surface area contributed by atoms with Gasteiger partial charge in [0.1, 0.15) is 5.69 Å². The van der Waals surface area contributed by atoms with Gasteiger partial charge in [0, 0.05) is 11.4 Å². The minimum atomic E-state index is -1.14. The van der Waals surface area contributed by atoms with E-state index in [1.807, 2.05) is 0 Å². The van der Waals surface area contributed by atoms with Crippen molar-refractivity contribution in [3.8, 4) is 11.5 Å². The number of carbonyl (C=O) groups is 1. The molecule has 72 valence electrons. The van der Waals surface area contributed by atoms with E-state index in [0.29, 0.717) is 16.6 Å². The number of nitrogens with two attached hydrogens (primary N) is 1. The number of carboxylic acids is 1. The Morgan fingerprint density at radius 3 is 2.93 bits per heavy atom. The van der Waals surface area contributed by atoms with E-state index in [1.165, 1.54) is 17.4 Å². The molecule has 0 bridgehead atoms. The highest BCUT2D eigenvalue weighted by atomic mass is 32.1. The highest BCUT2D eigenvalue weighted by Gasteiger charge is 2.13. The Morgan fingerprint density at radius 2 is 2.43 bits per heavy atom. The van der Waals surface area contributed by atoms with Crippen molar-refractivity contribution in [1.29, 1.82) is 0 Å². The predicted octanol–water partition coefficient (Wildman–Crippen LogP) is 1.08. The number of carboxylic acid groups (broad SMARTS) is 1. The Hall–Kier alpha value is -1.89. The predicted molar refractivity (Wildman–Crippen MR) is 49.0 cm³/mol. The standard InChI is InChI=1S/C7H5N3O3S/c8-7-9-4(2-14-7)5-1-3(6(11)12)10-13-5/h1-2H,(H2,8,9)(H,11,12). The third kappa shape index (κ3) is 1.44. The second kappa shape index (κ2) is 3.11. The quantitative estimate of drug-likeness (QED) is 0.770. The molecule has 2 aromatic rings. The smallest absolute Gasteiger partial charge is 0.358 e. The first kappa shape index (κ1) is 8.70. The fourth-order valence-corrected chi connectivity index (χ4v) is 1.45. The van der Waals surface area contributed by atoms with E-state index in [9.17, 15) is 4.79 Å². The molecule has 0 amide bonds. The van der Waals surface area contributed by atoms with Crippen LogP contribution in [0.3, 0.4) is 0 Å². The van der Waals surface area contributed by atoms with E-state index in [1.54, 1.807) is 5.38 Å². The normalized spacial score (nSPS) is 10.3. The molecule has 0 aliphatic rings. The summed E-state index contributed by atoms with van der Waals surface area (Å²) in [5.41, 5.74) is 5.76. The van der Waals surface area contributed by atoms with Gasteiger partial charge < -0.3 is 15.4 Å². The van der Waals surface area contributed by atoms with Crippen LogP contribution in [0.4, 0.5) is 5.13 Å². The summed E-state index contributed by atoms with van der Waals surface area (Å²) in [5.74, 6) is -0.835. The van der Waals surface area contributed by atoms with Crippen LogP contribution in [0, 0.1) is 0 Å². The molecule has 0 aliphatic carbocycles. The molecule has 0 aliphatic heterocycles. The average Bonchev–Trinajstić information content (AvgIpc) is 2.70. The summed E-state index contributed by atoms with van der Waals surface area (Å²) in [6.07, 6.45) is 0. The molecule has 0 atom stereocenters. The van der Waals surface area contributed by atoms with Gasteiger partial charge in [0.2, 0.25) is 0 Å². The number of hydrogen-bond donors (Lipinski definition) is 2. The number of nitrogen functional groups attached to an aromatic ring is 1. The molecule has 0 aromatic carbocycles. The van der Waals surface area contributed by atoms with E-state index >= 15 is 0 Å². The molecular formula is C7H5N3O3S. The zero-order valence-corrected chi connectivity index (χ0v) is 7.61. The maximum Gasteiger partial charge on any atom is 0.358 e. The SMILES string of the molecule is Nc1nc(-c2cc(C(=O)O)no2)cs1. The van der Waals surface area contributed by atoms with Crippen molar-refractivity contribution in [2.45, 2.75) is 0 Å². The van der Waals surface area contributed by atoms with Gasteiger partial charge in [-0.15, -0.1) is 11.3 Å². The lowest BCUT2D eigenvalue weighted by molar-refractivity contribution is 0.0686. The van der Waals surface area contributed by atoms with Crippen LogP contribution in [0.15, 0.2) is 16.0 Å².